The molecule has 3 amide bonds. The lowest BCUT2D eigenvalue weighted by Crippen LogP contribution is -2.40. The number of rotatable bonds is 3. The van der Waals surface area contributed by atoms with Gasteiger partial charge in [0.15, 0.2) is 0 Å². The molecule has 1 fully saturated rings. The van der Waals surface area contributed by atoms with Gasteiger partial charge in [0.1, 0.15) is 5.54 Å². The molecular weight excluding hydrogens is 371 g/mol. The molecule has 1 saturated heterocycles. The van der Waals surface area contributed by atoms with E-state index in [-0.39, 0.29) is 12.5 Å². The molecule has 124 valence electrons. The molecule has 0 aliphatic carbocycles. The SMILES string of the molecule is CC1(c2ccc(Cl)c(Cl)c2)NC(=O)N(Cc2cccc(Cl)c2)C1=O. The maximum atomic E-state index is 12.9. The van der Waals surface area contributed by atoms with Gasteiger partial charge in [0, 0.05) is 5.02 Å². The fourth-order valence-electron chi connectivity index (χ4n) is 2.66. The van der Waals surface area contributed by atoms with Crippen molar-refractivity contribution < 1.29 is 9.59 Å². The number of imide groups is 1. The van der Waals surface area contributed by atoms with Gasteiger partial charge in [-0.25, -0.2) is 4.79 Å². The molecule has 1 N–H and O–H groups in total. The number of benzene rings is 2. The van der Waals surface area contributed by atoms with Crippen LogP contribution in [0.1, 0.15) is 18.1 Å². The van der Waals surface area contributed by atoms with Crippen LogP contribution in [0.15, 0.2) is 42.5 Å². The maximum Gasteiger partial charge on any atom is 0.325 e. The summed E-state index contributed by atoms with van der Waals surface area (Å²) in [6.45, 7) is 1.78. The Morgan fingerprint density at radius 2 is 1.79 bits per heavy atom. The Balaban J connectivity index is 1.91. The number of nitrogens with one attached hydrogen (secondary N) is 1. The zero-order valence-corrected chi connectivity index (χ0v) is 14.9. The molecule has 2 aromatic rings. The van der Waals surface area contributed by atoms with Crippen molar-refractivity contribution >= 4 is 46.7 Å². The molecule has 0 radical (unpaired) electrons. The summed E-state index contributed by atoms with van der Waals surface area (Å²) in [6.07, 6.45) is 0. The zero-order valence-electron chi connectivity index (χ0n) is 12.6. The van der Waals surface area contributed by atoms with Gasteiger partial charge in [0.2, 0.25) is 0 Å². The zero-order chi connectivity index (χ0) is 17.5. The van der Waals surface area contributed by atoms with Crippen LogP contribution in [-0.2, 0) is 16.9 Å². The average Bonchev–Trinajstić information content (AvgIpc) is 2.74. The molecule has 24 heavy (non-hydrogen) atoms. The Morgan fingerprint density at radius 3 is 2.46 bits per heavy atom. The van der Waals surface area contributed by atoms with Crippen LogP contribution in [0.2, 0.25) is 15.1 Å². The third-order valence-electron chi connectivity index (χ3n) is 4.00. The van der Waals surface area contributed by atoms with Crippen LogP contribution in [0.4, 0.5) is 4.79 Å². The van der Waals surface area contributed by atoms with Crippen LogP contribution >= 0.6 is 34.8 Å². The number of carbonyl (C=O) groups is 2. The second-order valence-electron chi connectivity index (χ2n) is 5.71. The molecule has 0 aromatic heterocycles. The Morgan fingerprint density at radius 1 is 1.04 bits per heavy atom. The average molecular weight is 384 g/mol. The third kappa shape index (κ3) is 2.97. The van der Waals surface area contributed by atoms with E-state index in [1.807, 2.05) is 0 Å². The van der Waals surface area contributed by atoms with E-state index in [0.717, 1.165) is 10.5 Å². The highest BCUT2D eigenvalue weighted by Crippen LogP contribution is 2.33. The van der Waals surface area contributed by atoms with E-state index in [2.05, 4.69) is 5.32 Å². The van der Waals surface area contributed by atoms with Gasteiger partial charge in [-0.1, -0.05) is 53.0 Å². The second-order valence-corrected chi connectivity index (χ2v) is 6.96. The number of urea groups is 1. The summed E-state index contributed by atoms with van der Waals surface area (Å²) in [5.74, 6) is -0.356. The first kappa shape index (κ1) is 17.1. The Kier molecular flexibility index (Phi) is 4.47. The topological polar surface area (TPSA) is 49.4 Å². The largest absolute Gasteiger partial charge is 0.325 e. The summed E-state index contributed by atoms with van der Waals surface area (Å²) in [6, 6.07) is 11.4. The van der Waals surface area contributed by atoms with Gasteiger partial charge in [0.25, 0.3) is 5.91 Å². The van der Waals surface area contributed by atoms with Crippen LogP contribution in [-0.4, -0.2) is 16.8 Å². The van der Waals surface area contributed by atoms with Crippen molar-refractivity contribution in [1.82, 2.24) is 10.2 Å². The Labute approximate surface area is 154 Å². The number of hydrogen-bond acceptors (Lipinski definition) is 2. The van der Waals surface area contributed by atoms with Gasteiger partial charge >= 0.3 is 6.03 Å². The molecular formula is C17H13Cl3N2O2. The van der Waals surface area contributed by atoms with Gasteiger partial charge in [0.05, 0.1) is 16.6 Å². The van der Waals surface area contributed by atoms with E-state index in [9.17, 15) is 9.59 Å². The molecule has 1 heterocycles. The van der Waals surface area contributed by atoms with E-state index in [0.29, 0.717) is 20.6 Å². The van der Waals surface area contributed by atoms with E-state index in [1.54, 1.807) is 49.4 Å². The predicted molar refractivity (Wildman–Crippen MR) is 94.3 cm³/mol. The van der Waals surface area contributed by atoms with Gasteiger partial charge in [-0.05, 0) is 42.3 Å². The monoisotopic (exact) mass is 382 g/mol. The number of carbonyl (C=O) groups excluding carboxylic acids is 2. The molecule has 1 aliphatic rings. The van der Waals surface area contributed by atoms with Crippen molar-refractivity contribution in [3.63, 3.8) is 0 Å². The van der Waals surface area contributed by atoms with Crippen molar-refractivity contribution in [2.75, 3.05) is 0 Å². The van der Waals surface area contributed by atoms with E-state index in [4.69, 9.17) is 34.8 Å². The fraction of sp³-hybridized carbons (Fsp3) is 0.176. The van der Waals surface area contributed by atoms with Crippen LogP contribution in [0, 0.1) is 0 Å². The summed E-state index contributed by atoms with van der Waals surface area (Å²) >= 11 is 17.9. The Hall–Kier alpha value is -1.75. The van der Waals surface area contributed by atoms with Crippen LogP contribution in [0.25, 0.3) is 0 Å². The first-order chi connectivity index (χ1) is 11.3. The minimum Gasteiger partial charge on any atom is -0.319 e. The maximum absolute atomic E-state index is 12.9. The molecule has 1 aliphatic heterocycles. The van der Waals surface area contributed by atoms with E-state index < -0.39 is 11.6 Å². The molecule has 0 spiro atoms. The molecule has 3 rings (SSSR count). The molecule has 1 unspecified atom stereocenters. The highest BCUT2D eigenvalue weighted by Gasteiger charge is 2.49. The minimum atomic E-state index is -1.19. The van der Waals surface area contributed by atoms with Crippen molar-refractivity contribution in [3.8, 4) is 0 Å². The number of nitrogens with zero attached hydrogens (tertiary/aromatic N) is 1. The summed E-state index contributed by atoms with van der Waals surface area (Å²) in [4.78, 5) is 26.3. The molecule has 7 heteroatoms. The summed E-state index contributed by atoms with van der Waals surface area (Å²) < 4.78 is 0. The molecule has 4 nitrogen and oxygen atoms in total. The second kappa shape index (κ2) is 6.28. The van der Waals surface area contributed by atoms with Crippen molar-refractivity contribution in [2.24, 2.45) is 0 Å². The van der Waals surface area contributed by atoms with Gasteiger partial charge in [-0.15, -0.1) is 0 Å². The molecule has 0 saturated carbocycles. The first-order valence-electron chi connectivity index (χ1n) is 7.15. The lowest BCUT2D eigenvalue weighted by atomic mass is 9.92. The minimum absolute atomic E-state index is 0.141. The van der Waals surface area contributed by atoms with Gasteiger partial charge < -0.3 is 5.32 Å². The quantitative estimate of drug-likeness (QED) is 0.787. The van der Waals surface area contributed by atoms with E-state index in [1.165, 1.54) is 0 Å². The number of halogens is 3. The van der Waals surface area contributed by atoms with Crippen molar-refractivity contribution in [3.05, 3.63) is 68.7 Å². The highest BCUT2D eigenvalue weighted by atomic mass is 35.5. The van der Waals surface area contributed by atoms with Gasteiger partial charge in [-0.3, -0.25) is 9.69 Å². The summed E-state index contributed by atoms with van der Waals surface area (Å²) in [5, 5.41) is 3.99. The highest BCUT2D eigenvalue weighted by molar-refractivity contribution is 6.42. The lowest BCUT2D eigenvalue weighted by molar-refractivity contribution is -0.131. The fourth-order valence-corrected chi connectivity index (χ4v) is 3.17. The number of hydrogen-bond donors (Lipinski definition) is 1. The molecule has 1 atom stereocenters. The van der Waals surface area contributed by atoms with Crippen molar-refractivity contribution in [2.45, 2.75) is 19.0 Å². The van der Waals surface area contributed by atoms with Crippen LogP contribution in [0.5, 0.6) is 0 Å². The van der Waals surface area contributed by atoms with Crippen LogP contribution in [0.3, 0.4) is 0 Å². The number of amides is 3. The van der Waals surface area contributed by atoms with E-state index >= 15 is 0 Å². The normalized spacial score (nSPS) is 20.4. The molecule has 2 aromatic carbocycles. The van der Waals surface area contributed by atoms with Gasteiger partial charge in [-0.2, -0.15) is 0 Å². The van der Waals surface area contributed by atoms with Crippen LogP contribution < -0.4 is 5.32 Å². The Bertz CT molecular complexity index is 840. The summed E-state index contributed by atoms with van der Waals surface area (Å²) in [5.41, 5.74) is 0.150. The third-order valence-corrected chi connectivity index (χ3v) is 4.98. The molecule has 0 bridgehead atoms. The smallest absolute Gasteiger partial charge is 0.319 e. The predicted octanol–water partition coefficient (Wildman–Crippen LogP) is 4.61. The van der Waals surface area contributed by atoms with Crippen molar-refractivity contribution in [1.29, 1.82) is 0 Å². The first-order valence-corrected chi connectivity index (χ1v) is 8.29. The lowest BCUT2D eigenvalue weighted by Gasteiger charge is -2.22. The summed E-state index contributed by atoms with van der Waals surface area (Å²) in [7, 11) is 0. The standard InChI is InChI=1S/C17H13Cl3N2O2/c1-17(11-5-6-13(19)14(20)8-11)15(23)22(16(24)21-17)9-10-3-2-4-12(18)7-10/h2-8H,9H2,1H3,(H,21,24).